The first-order valence-corrected chi connectivity index (χ1v) is 13.9. The number of benzene rings is 3. The molecule has 0 amide bonds. The maximum absolute atomic E-state index is 13.6. The van der Waals surface area contributed by atoms with Gasteiger partial charge in [-0.25, -0.2) is 8.42 Å². The summed E-state index contributed by atoms with van der Waals surface area (Å²) in [7, 11) is -5.95. The molecule has 0 saturated carbocycles. The summed E-state index contributed by atoms with van der Waals surface area (Å²) in [5.74, 6) is 0.592. The van der Waals surface area contributed by atoms with Gasteiger partial charge in [-0.3, -0.25) is 4.72 Å². The average Bonchev–Trinajstić information content (AvgIpc) is 3.25. The first kappa shape index (κ1) is 24.1. The molecule has 34 heavy (non-hydrogen) atoms. The standard InChI is InChI=1S/C23H22ClN3O5S2/c1-32-20-8-4-6-17(14-20)23-15-22(16-5-3-7-19(13-16)26-33(2,28)29)25-27(23)34(30,31)21-11-9-18(24)10-12-21/h3-14,23,26H,15H2,1-2H3/t23-/m0/s1. The van der Waals surface area contributed by atoms with Crippen LogP contribution >= 0.6 is 11.6 Å². The van der Waals surface area contributed by atoms with Crippen LogP contribution in [0.5, 0.6) is 5.75 Å². The molecule has 0 aromatic heterocycles. The van der Waals surface area contributed by atoms with Gasteiger partial charge in [-0.1, -0.05) is 35.9 Å². The van der Waals surface area contributed by atoms with Crippen LogP contribution in [-0.4, -0.2) is 40.3 Å². The fraction of sp³-hybridized carbons (Fsp3) is 0.174. The van der Waals surface area contributed by atoms with Crippen LogP contribution in [0.25, 0.3) is 0 Å². The van der Waals surface area contributed by atoms with Crippen LogP contribution < -0.4 is 9.46 Å². The SMILES string of the molecule is COc1cccc([C@@H]2CC(c3cccc(NS(C)(=O)=O)c3)=NN2S(=O)(=O)c2ccc(Cl)cc2)c1. The van der Waals surface area contributed by atoms with E-state index in [1.807, 2.05) is 6.07 Å². The predicted molar refractivity (Wildman–Crippen MR) is 132 cm³/mol. The molecule has 3 aromatic carbocycles. The smallest absolute Gasteiger partial charge is 0.279 e. The Morgan fingerprint density at radius 3 is 2.38 bits per heavy atom. The molecule has 11 heteroatoms. The lowest BCUT2D eigenvalue weighted by Gasteiger charge is -2.23. The quantitative estimate of drug-likeness (QED) is 0.502. The zero-order valence-electron chi connectivity index (χ0n) is 18.3. The van der Waals surface area contributed by atoms with Gasteiger partial charge in [0, 0.05) is 17.1 Å². The molecule has 0 spiro atoms. The van der Waals surface area contributed by atoms with E-state index in [-0.39, 0.29) is 11.3 Å². The highest BCUT2D eigenvalue weighted by Gasteiger charge is 2.38. The van der Waals surface area contributed by atoms with Crippen LogP contribution in [0.2, 0.25) is 5.02 Å². The average molecular weight is 520 g/mol. The predicted octanol–water partition coefficient (Wildman–Crippen LogP) is 4.26. The molecule has 0 radical (unpaired) electrons. The first-order valence-electron chi connectivity index (χ1n) is 10.2. The highest BCUT2D eigenvalue weighted by molar-refractivity contribution is 7.92. The molecule has 1 N–H and O–H groups in total. The Kier molecular flexibility index (Phi) is 6.57. The molecular weight excluding hydrogens is 498 g/mol. The molecule has 1 aliphatic heterocycles. The van der Waals surface area contributed by atoms with Crippen molar-refractivity contribution in [3.8, 4) is 5.75 Å². The third kappa shape index (κ3) is 5.19. The highest BCUT2D eigenvalue weighted by atomic mass is 35.5. The van der Waals surface area contributed by atoms with Crippen molar-refractivity contribution in [1.82, 2.24) is 4.41 Å². The number of methoxy groups -OCH3 is 1. The van der Waals surface area contributed by atoms with Crippen LogP contribution in [0.1, 0.15) is 23.6 Å². The Hall–Kier alpha value is -3.08. The van der Waals surface area contributed by atoms with Gasteiger partial charge < -0.3 is 4.74 Å². The van der Waals surface area contributed by atoms with Crippen LogP contribution in [0.15, 0.2) is 82.8 Å². The Bertz CT molecular complexity index is 1460. The third-order valence-electron chi connectivity index (χ3n) is 5.21. The molecule has 3 aromatic rings. The molecule has 1 atom stereocenters. The number of hydrogen-bond acceptors (Lipinski definition) is 6. The van der Waals surface area contributed by atoms with Crippen LogP contribution in [0.4, 0.5) is 5.69 Å². The van der Waals surface area contributed by atoms with E-state index < -0.39 is 26.1 Å². The minimum atomic E-state index is -4.02. The summed E-state index contributed by atoms with van der Waals surface area (Å²) >= 11 is 5.94. The lowest BCUT2D eigenvalue weighted by Crippen LogP contribution is -2.27. The summed E-state index contributed by atoms with van der Waals surface area (Å²) in [6.45, 7) is 0. The second-order valence-electron chi connectivity index (χ2n) is 7.73. The molecule has 1 heterocycles. The molecule has 0 fully saturated rings. The van der Waals surface area contributed by atoms with Gasteiger partial charge in [0.25, 0.3) is 10.0 Å². The van der Waals surface area contributed by atoms with Crippen molar-refractivity contribution in [3.05, 3.63) is 88.9 Å². The van der Waals surface area contributed by atoms with E-state index in [0.717, 1.165) is 10.7 Å². The monoisotopic (exact) mass is 519 g/mol. The van der Waals surface area contributed by atoms with Gasteiger partial charge in [0.1, 0.15) is 5.75 Å². The second kappa shape index (κ2) is 9.28. The molecular formula is C23H22ClN3O5S2. The van der Waals surface area contributed by atoms with E-state index in [4.69, 9.17) is 16.3 Å². The number of hydrazone groups is 1. The number of sulfonamides is 2. The van der Waals surface area contributed by atoms with Gasteiger partial charge in [0.05, 0.1) is 30.0 Å². The summed E-state index contributed by atoms with van der Waals surface area (Å²) in [6, 6.07) is 19.1. The maximum Gasteiger partial charge on any atom is 0.279 e. The lowest BCUT2D eigenvalue weighted by atomic mass is 9.99. The highest BCUT2D eigenvalue weighted by Crippen LogP contribution is 2.38. The number of rotatable bonds is 7. The van der Waals surface area contributed by atoms with Gasteiger partial charge in [-0.2, -0.15) is 17.9 Å². The van der Waals surface area contributed by atoms with E-state index in [1.54, 1.807) is 42.5 Å². The topological polar surface area (TPSA) is 105 Å². The van der Waals surface area contributed by atoms with E-state index >= 15 is 0 Å². The van der Waals surface area contributed by atoms with Gasteiger partial charge in [-0.15, -0.1) is 0 Å². The van der Waals surface area contributed by atoms with Crippen LogP contribution in [0.3, 0.4) is 0 Å². The number of nitrogens with one attached hydrogen (secondary N) is 1. The van der Waals surface area contributed by atoms with E-state index in [0.29, 0.717) is 33.3 Å². The van der Waals surface area contributed by atoms with Crippen molar-refractivity contribution in [2.45, 2.75) is 17.4 Å². The minimum absolute atomic E-state index is 0.0577. The molecule has 0 aliphatic carbocycles. The number of anilines is 1. The van der Waals surface area contributed by atoms with Crippen molar-refractivity contribution in [1.29, 1.82) is 0 Å². The van der Waals surface area contributed by atoms with Crippen LogP contribution in [0, 0.1) is 0 Å². The molecule has 0 bridgehead atoms. The lowest BCUT2D eigenvalue weighted by molar-refractivity contribution is 0.368. The Morgan fingerprint density at radius 2 is 1.71 bits per heavy atom. The number of hydrogen-bond donors (Lipinski definition) is 1. The van der Waals surface area contributed by atoms with E-state index in [9.17, 15) is 16.8 Å². The van der Waals surface area contributed by atoms with E-state index in [2.05, 4.69) is 9.82 Å². The normalized spacial score (nSPS) is 16.3. The summed E-state index contributed by atoms with van der Waals surface area (Å²) in [5, 5.41) is 4.91. The van der Waals surface area contributed by atoms with Gasteiger partial charge in [-0.05, 0) is 59.7 Å². The van der Waals surface area contributed by atoms with Crippen molar-refractivity contribution in [2.24, 2.45) is 5.10 Å². The molecule has 178 valence electrons. The first-order chi connectivity index (χ1) is 16.1. The molecule has 4 rings (SSSR count). The Balaban J connectivity index is 1.79. The summed E-state index contributed by atoms with van der Waals surface area (Å²) in [5.41, 5.74) is 2.18. The van der Waals surface area contributed by atoms with Gasteiger partial charge in [0.15, 0.2) is 0 Å². The molecule has 1 aliphatic rings. The third-order valence-corrected chi connectivity index (χ3v) is 7.76. The van der Waals surface area contributed by atoms with Crippen molar-refractivity contribution < 1.29 is 21.6 Å². The molecule has 0 unspecified atom stereocenters. The number of halogens is 1. The summed E-state index contributed by atoms with van der Waals surface area (Å²) < 4.78 is 59.3. The number of nitrogens with zero attached hydrogens (tertiary/aromatic N) is 2. The Morgan fingerprint density at radius 1 is 1.00 bits per heavy atom. The molecule has 8 nitrogen and oxygen atoms in total. The van der Waals surface area contributed by atoms with Crippen molar-refractivity contribution in [2.75, 3.05) is 18.1 Å². The zero-order valence-corrected chi connectivity index (χ0v) is 20.7. The van der Waals surface area contributed by atoms with Gasteiger partial charge >= 0.3 is 0 Å². The van der Waals surface area contributed by atoms with Crippen molar-refractivity contribution >= 4 is 43.0 Å². The fourth-order valence-electron chi connectivity index (χ4n) is 3.67. The molecule has 0 saturated heterocycles. The minimum Gasteiger partial charge on any atom is -0.497 e. The Labute approximate surface area is 203 Å². The van der Waals surface area contributed by atoms with Gasteiger partial charge in [0.2, 0.25) is 10.0 Å². The fourth-order valence-corrected chi connectivity index (χ4v) is 5.79. The van der Waals surface area contributed by atoms with Crippen molar-refractivity contribution in [3.63, 3.8) is 0 Å². The largest absolute Gasteiger partial charge is 0.497 e. The zero-order chi connectivity index (χ0) is 24.5. The van der Waals surface area contributed by atoms with Crippen LogP contribution in [-0.2, 0) is 20.0 Å². The van der Waals surface area contributed by atoms with E-state index in [1.165, 1.54) is 31.4 Å². The maximum atomic E-state index is 13.6. The number of ether oxygens (including phenoxy) is 1. The summed E-state index contributed by atoms with van der Waals surface area (Å²) in [6.07, 6.45) is 1.34. The summed E-state index contributed by atoms with van der Waals surface area (Å²) in [4.78, 5) is 0.0577. The second-order valence-corrected chi connectivity index (χ2v) is 11.7.